The third-order valence-electron chi connectivity index (χ3n) is 4.29. The summed E-state index contributed by atoms with van der Waals surface area (Å²) in [6, 6.07) is 2.59. The van der Waals surface area contributed by atoms with Gasteiger partial charge in [-0.25, -0.2) is 0 Å². The maximum absolute atomic E-state index is 3.65. The lowest BCUT2D eigenvalue weighted by Gasteiger charge is -2.39. The van der Waals surface area contributed by atoms with Crippen LogP contribution < -0.4 is 5.32 Å². The van der Waals surface area contributed by atoms with Gasteiger partial charge in [-0.15, -0.1) is 0 Å². The summed E-state index contributed by atoms with van der Waals surface area (Å²) >= 11 is 2.09. The first-order valence-electron chi connectivity index (χ1n) is 7.42. The van der Waals surface area contributed by atoms with Gasteiger partial charge in [0, 0.05) is 18.1 Å². The minimum absolute atomic E-state index is 0.804. The first-order valence-corrected chi connectivity index (χ1v) is 8.57. The molecule has 2 saturated heterocycles. The molecule has 2 unspecified atom stereocenters. The first-order chi connectivity index (χ1) is 8.35. The third-order valence-corrected chi connectivity index (χ3v) is 5.27. The normalized spacial score (nSPS) is 33.2. The second-order valence-corrected chi connectivity index (χ2v) is 6.79. The van der Waals surface area contributed by atoms with Crippen LogP contribution in [0.3, 0.4) is 0 Å². The lowest BCUT2D eigenvalue weighted by atomic mass is 9.97. The lowest BCUT2D eigenvalue weighted by Crippen LogP contribution is -2.49. The highest BCUT2D eigenvalue weighted by Crippen LogP contribution is 2.35. The quantitative estimate of drug-likeness (QED) is 0.705. The van der Waals surface area contributed by atoms with E-state index in [1.165, 1.54) is 50.2 Å². The van der Waals surface area contributed by atoms with E-state index in [1.807, 2.05) is 0 Å². The number of thioether (sulfide) groups is 1. The van der Waals surface area contributed by atoms with Gasteiger partial charge in [-0.2, -0.15) is 11.8 Å². The zero-order valence-corrected chi connectivity index (χ0v) is 12.3. The zero-order valence-electron chi connectivity index (χ0n) is 11.5. The van der Waals surface area contributed by atoms with Crippen molar-refractivity contribution in [1.29, 1.82) is 0 Å². The van der Waals surface area contributed by atoms with Crippen molar-refractivity contribution < 1.29 is 0 Å². The van der Waals surface area contributed by atoms with E-state index in [0.717, 1.165) is 24.7 Å². The van der Waals surface area contributed by atoms with Gasteiger partial charge in [0.15, 0.2) is 0 Å². The molecule has 0 aromatic heterocycles. The van der Waals surface area contributed by atoms with E-state index < -0.39 is 0 Å². The van der Waals surface area contributed by atoms with Crippen LogP contribution in [0.1, 0.15) is 46.0 Å². The van der Waals surface area contributed by atoms with Gasteiger partial charge in [-0.3, -0.25) is 4.90 Å². The van der Waals surface area contributed by atoms with Crippen LogP contribution in [0.25, 0.3) is 0 Å². The highest BCUT2D eigenvalue weighted by molar-refractivity contribution is 7.99. The predicted octanol–water partition coefficient (Wildman–Crippen LogP) is 2.73. The van der Waals surface area contributed by atoms with E-state index in [0.29, 0.717) is 0 Å². The average Bonchev–Trinajstić information content (AvgIpc) is 2.57. The fourth-order valence-electron chi connectivity index (χ4n) is 3.59. The Balaban J connectivity index is 1.74. The van der Waals surface area contributed by atoms with Crippen molar-refractivity contribution in [1.82, 2.24) is 10.2 Å². The maximum atomic E-state index is 3.65. The molecule has 0 aliphatic carbocycles. The van der Waals surface area contributed by atoms with Crippen LogP contribution in [-0.2, 0) is 0 Å². The van der Waals surface area contributed by atoms with E-state index in [4.69, 9.17) is 0 Å². The summed E-state index contributed by atoms with van der Waals surface area (Å²) in [6.45, 7) is 6.98. The Kier molecular flexibility index (Phi) is 5.64. The molecule has 2 fully saturated rings. The molecular weight excluding hydrogens is 228 g/mol. The van der Waals surface area contributed by atoms with Crippen molar-refractivity contribution in [2.75, 3.05) is 24.6 Å². The monoisotopic (exact) mass is 256 g/mol. The molecule has 2 heterocycles. The van der Waals surface area contributed by atoms with Crippen molar-refractivity contribution in [2.24, 2.45) is 0 Å². The molecule has 2 atom stereocenters. The standard InChI is InChI=1S/C14H28N2S/c1-3-15-12-10-13-6-7-14(11-12)16(13)8-5-9-17-4-2/h12-15H,3-11H2,1-2H3. The molecule has 2 aliphatic heterocycles. The van der Waals surface area contributed by atoms with Crippen LogP contribution in [0.15, 0.2) is 0 Å². The molecule has 2 rings (SSSR count). The molecule has 0 aromatic carbocycles. The van der Waals surface area contributed by atoms with Crippen LogP contribution >= 0.6 is 11.8 Å². The minimum Gasteiger partial charge on any atom is -0.314 e. The van der Waals surface area contributed by atoms with Crippen molar-refractivity contribution in [3.63, 3.8) is 0 Å². The first kappa shape index (κ1) is 13.7. The molecule has 0 radical (unpaired) electrons. The highest BCUT2D eigenvalue weighted by atomic mass is 32.2. The van der Waals surface area contributed by atoms with Gasteiger partial charge >= 0.3 is 0 Å². The Morgan fingerprint density at radius 2 is 1.88 bits per heavy atom. The maximum Gasteiger partial charge on any atom is 0.0114 e. The molecule has 0 spiro atoms. The van der Waals surface area contributed by atoms with Crippen LogP contribution in [0.4, 0.5) is 0 Å². The molecule has 100 valence electrons. The smallest absolute Gasteiger partial charge is 0.0114 e. The number of hydrogen-bond acceptors (Lipinski definition) is 3. The molecule has 2 nitrogen and oxygen atoms in total. The number of nitrogens with zero attached hydrogens (tertiary/aromatic N) is 1. The third kappa shape index (κ3) is 3.62. The highest BCUT2D eigenvalue weighted by Gasteiger charge is 2.39. The molecule has 0 saturated carbocycles. The zero-order chi connectivity index (χ0) is 12.1. The second-order valence-electron chi connectivity index (χ2n) is 5.40. The summed E-state index contributed by atoms with van der Waals surface area (Å²) in [5.41, 5.74) is 0. The van der Waals surface area contributed by atoms with Crippen molar-refractivity contribution in [3.8, 4) is 0 Å². The van der Waals surface area contributed by atoms with E-state index in [2.05, 4.69) is 35.8 Å². The van der Waals surface area contributed by atoms with Crippen LogP contribution in [0.5, 0.6) is 0 Å². The largest absolute Gasteiger partial charge is 0.314 e. The molecule has 2 bridgehead atoms. The minimum atomic E-state index is 0.804. The van der Waals surface area contributed by atoms with Crippen molar-refractivity contribution in [3.05, 3.63) is 0 Å². The van der Waals surface area contributed by atoms with Gasteiger partial charge in [-0.1, -0.05) is 13.8 Å². The van der Waals surface area contributed by atoms with E-state index in [-0.39, 0.29) is 0 Å². The fourth-order valence-corrected chi connectivity index (χ4v) is 4.21. The van der Waals surface area contributed by atoms with Gasteiger partial charge in [-0.05, 0) is 56.7 Å². The molecule has 0 amide bonds. The summed E-state index contributed by atoms with van der Waals surface area (Å²) in [5.74, 6) is 2.62. The molecule has 17 heavy (non-hydrogen) atoms. The van der Waals surface area contributed by atoms with Gasteiger partial charge < -0.3 is 5.32 Å². The van der Waals surface area contributed by atoms with Crippen molar-refractivity contribution >= 4 is 11.8 Å². The molecule has 3 heteroatoms. The Morgan fingerprint density at radius 3 is 2.47 bits per heavy atom. The number of piperidine rings is 1. The number of rotatable bonds is 7. The van der Waals surface area contributed by atoms with Gasteiger partial charge in [0.2, 0.25) is 0 Å². The summed E-state index contributed by atoms with van der Waals surface area (Å²) in [4.78, 5) is 2.82. The number of fused-ring (bicyclic) bond motifs is 2. The Labute approximate surface area is 111 Å². The average molecular weight is 256 g/mol. The summed E-state index contributed by atoms with van der Waals surface area (Å²) in [7, 11) is 0. The van der Waals surface area contributed by atoms with Gasteiger partial charge in [0.05, 0.1) is 0 Å². The molecule has 1 N–H and O–H groups in total. The van der Waals surface area contributed by atoms with Crippen LogP contribution in [0.2, 0.25) is 0 Å². The van der Waals surface area contributed by atoms with Gasteiger partial charge in [0.1, 0.15) is 0 Å². The summed E-state index contributed by atoms with van der Waals surface area (Å²) in [6.07, 6.45) is 7.08. The second kappa shape index (κ2) is 7.01. The van der Waals surface area contributed by atoms with Crippen LogP contribution in [-0.4, -0.2) is 47.6 Å². The summed E-state index contributed by atoms with van der Waals surface area (Å²) in [5, 5.41) is 3.65. The topological polar surface area (TPSA) is 15.3 Å². The van der Waals surface area contributed by atoms with E-state index in [1.54, 1.807) is 0 Å². The number of hydrogen-bond donors (Lipinski definition) is 1. The molecule has 2 aliphatic rings. The molecular formula is C14H28N2S. The Hall–Kier alpha value is 0.270. The van der Waals surface area contributed by atoms with E-state index in [9.17, 15) is 0 Å². The Bertz CT molecular complexity index is 208. The molecule has 0 aromatic rings. The van der Waals surface area contributed by atoms with Crippen LogP contribution in [0, 0.1) is 0 Å². The van der Waals surface area contributed by atoms with E-state index >= 15 is 0 Å². The predicted molar refractivity (Wildman–Crippen MR) is 77.8 cm³/mol. The summed E-state index contributed by atoms with van der Waals surface area (Å²) < 4.78 is 0. The van der Waals surface area contributed by atoms with Crippen molar-refractivity contribution in [2.45, 2.75) is 64.1 Å². The lowest BCUT2D eigenvalue weighted by molar-refractivity contribution is 0.118. The van der Waals surface area contributed by atoms with Gasteiger partial charge in [0.25, 0.3) is 0 Å². The number of nitrogens with one attached hydrogen (secondary N) is 1. The Morgan fingerprint density at radius 1 is 1.18 bits per heavy atom. The SMILES string of the molecule is CCNC1CC2CCC(C1)N2CCCSCC. The fraction of sp³-hybridized carbons (Fsp3) is 1.00.